The molecule has 0 spiro atoms. The second-order valence-corrected chi connectivity index (χ2v) is 9.81. The quantitative estimate of drug-likeness (QED) is 0.485. The van der Waals surface area contributed by atoms with Gasteiger partial charge in [0.25, 0.3) is 5.89 Å². The van der Waals surface area contributed by atoms with Crippen LogP contribution in [0.25, 0.3) is 22.8 Å². The zero-order chi connectivity index (χ0) is 20.9. The van der Waals surface area contributed by atoms with Gasteiger partial charge in [0.15, 0.2) is 0 Å². The lowest BCUT2D eigenvalue weighted by Crippen LogP contribution is -2.17. The third-order valence-electron chi connectivity index (χ3n) is 4.61. The van der Waals surface area contributed by atoms with Crippen LogP contribution in [0, 0.1) is 0 Å². The highest BCUT2D eigenvalue weighted by molar-refractivity contribution is 6.36. The molecule has 0 unspecified atom stereocenters. The summed E-state index contributed by atoms with van der Waals surface area (Å²) in [5.41, 5.74) is 2.69. The number of rotatable bonds is 2. The number of nitrogens with zero attached hydrogens (tertiary/aromatic N) is 2. The van der Waals surface area contributed by atoms with Gasteiger partial charge in [0.1, 0.15) is 5.75 Å². The van der Waals surface area contributed by atoms with Crippen LogP contribution in [0.4, 0.5) is 0 Å². The molecule has 0 atom stereocenters. The molecule has 0 saturated carbocycles. The van der Waals surface area contributed by atoms with Gasteiger partial charge >= 0.3 is 0 Å². The van der Waals surface area contributed by atoms with Gasteiger partial charge in [0, 0.05) is 16.1 Å². The lowest BCUT2D eigenvalue weighted by atomic mass is 9.79. The number of aromatic nitrogens is 2. The molecule has 28 heavy (non-hydrogen) atoms. The molecular weight excluding hydrogens is 395 g/mol. The van der Waals surface area contributed by atoms with Crippen LogP contribution < -0.4 is 0 Å². The Bertz CT molecular complexity index is 1030. The molecule has 3 rings (SSSR count). The Morgan fingerprint density at radius 1 is 0.893 bits per heavy atom. The fourth-order valence-electron chi connectivity index (χ4n) is 2.92. The SMILES string of the molecule is CC(C)(C)c1cc(-c2nc(-c3ccc(Cl)cc3Cl)no2)c(O)c(C(C)(C)C)c1. The molecule has 0 amide bonds. The van der Waals surface area contributed by atoms with E-state index in [1.165, 1.54) is 0 Å². The Kier molecular flexibility index (Phi) is 5.24. The topological polar surface area (TPSA) is 59.2 Å². The van der Waals surface area contributed by atoms with E-state index in [2.05, 4.69) is 51.7 Å². The number of hydrogen-bond donors (Lipinski definition) is 1. The van der Waals surface area contributed by atoms with Crippen molar-refractivity contribution in [3.63, 3.8) is 0 Å². The number of phenols is 1. The Morgan fingerprint density at radius 2 is 1.57 bits per heavy atom. The number of halogens is 2. The lowest BCUT2D eigenvalue weighted by Gasteiger charge is -2.26. The van der Waals surface area contributed by atoms with Gasteiger partial charge in [-0.3, -0.25) is 0 Å². The van der Waals surface area contributed by atoms with E-state index in [-0.39, 0.29) is 22.5 Å². The third-order valence-corrected chi connectivity index (χ3v) is 5.16. The summed E-state index contributed by atoms with van der Waals surface area (Å²) in [5, 5.41) is 16.0. The molecule has 0 radical (unpaired) electrons. The molecule has 0 aliphatic carbocycles. The maximum atomic E-state index is 11.0. The first-order valence-electron chi connectivity index (χ1n) is 9.05. The summed E-state index contributed by atoms with van der Waals surface area (Å²) in [4.78, 5) is 4.48. The average Bonchev–Trinajstić information content (AvgIpc) is 3.02. The van der Waals surface area contributed by atoms with Crippen LogP contribution in [0.1, 0.15) is 52.7 Å². The van der Waals surface area contributed by atoms with Crippen molar-refractivity contribution in [1.29, 1.82) is 0 Å². The second kappa shape index (κ2) is 7.09. The number of phenolic OH excluding ortho intramolecular Hbond substituents is 1. The second-order valence-electron chi connectivity index (χ2n) is 8.97. The van der Waals surface area contributed by atoms with Gasteiger partial charge in [-0.25, -0.2) is 0 Å². The van der Waals surface area contributed by atoms with Crippen molar-refractivity contribution in [3.05, 3.63) is 51.5 Å². The maximum Gasteiger partial charge on any atom is 0.262 e. The van der Waals surface area contributed by atoms with Crippen molar-refractivity contribution in [1.82, 2.24) is 10.1 Å². The largest absolute Gasteiger partial charge is 0.507 e. The molecule has 0 fully saturated rings. The average molecular weight is 419 g/mol. The molecular formula is C22H24Cl2N2O2. The van der Waals surface area contributed by atoms with Crippen molar-refractivity contribution in [2.24, 2.45) is 0 Å². The molecule has 1 N–H and O–H groups in total. The van der Waals surface area contributed by atoms with E-state index in [4.69, 9.17) is 27.7 Å². The highest BCUT2D eigenvalue weighted by atomic mass is 35.5. The standard InChI is InChI=1S/C22H24Cl2N2O2/c1-21(2,3)12-9-15(18(27)16(10-12)22(4,5)6)20-25-19(26-28-20)14-8-7-13(23)11-17(14)24/h7-11,27H,1-6H3. The smallest absolute Gasteiger partial charge is 0.262 e. The number of hydrogen-bond acceptors (Lipinski definition) is 4. The van der Waals surface area contributed by atoms with Gasteiger partial charge in [0.05, 0.1) is 10.6 Å². The Balaban J connectivity index is 2.17. The Morgan fingerprint density at radius 3 is 2.14 bits per heavy atom. The van der Waals surface area contributed by atoms with E-state index < -0.39 is 0 Å². The molecule has 0 bridgehead atoms. The first-order chi connectivity index (χ1) is 12.9. The van der Waals surface area contributed by atoms with E-state index >= 15 is 0 Å². The van der Waals surface area contributed by atoms with E-state index in [1.54, 1.807) is 18.2 Å². The van der Waals surface area contributed by atoms with Crippen LogP contribution in [0.3, 0.4) is 0 Å². The minimum absolute atomic E-state index is 0.106. The minimum atomic E-state index is -0.248. The number of aromatic hydroxyl groups is 1. The lowest BCUT2D eigenvalue weighted by molar-refractivity contribution is 0.419. The summed E-state index contributed by atoms with van der Waals surface area (Å²) in [6.07, 6.45) is 0. The van der Waals surface area contributed by atoms with Gasteiger partial charge in [-0.1, -0.05) is 76.0 Å². The highest BCUT2D eigenvalue weighted by Gasteiger charge is 2.27. The molecule has 0 aliphatic heterocycles. The van der Waals surface area contributed by atoms with Crippen molar-refractivity contribution in [2.45, 2.75) is 52.4 Å². The van der Waals surface area contributed by atoms with E-state index in [0.29, 0.717) is 27.0 Å². The number of benzene rings is 2. The maximum absolute atomic E-state index is 11.0. The summed E-state index contributed by atoms with van der Waals surface area (Å²) in [5.74, 6) is 0.738. The summed E-state index contributed by atoms with van der Waals surface area (Å²) < 4.78 is 5.49. The predicted octanol–water partition coefficient (Wildman–Crippen LogP) is 7.01. The summed E-state index contributed by atoms with van der Waals surface area (Å²) in [7, 11) is 0. The van der Waals surface area contributed by atoms with Crippen molar-refractivity contribution < 1.29 is 9.63 Å². The first kappa shape index (κ1) is 20.7. The molecule has 1 heterocycles. The molecule has 6 heteroatoms. The Labute approximate surface area is 175 Å². The summed E-state index contributed by atoms with van der Waals surface area (Å²) >= 11 is 12.2. The summed E-state index contributed by atoms with van der Waals surface area (Å²) in [6.45, 7) is 12.6. The highest BCUT2D eigenvalue weighted by Crippen LogP contribution is 2.42. The van der Waals surface area contributed by atoms with Gasteiger partial charge in [-0.2, -0.15) is 4.98 Å². The van der Waals surface area contributed by atoms with Gasteiger partial charge < -0.3 is 9.63 Å². The van der Waals surface area contributed by atoms with E-state index in [1.807, 2.05) is 12.1 Å². The molecule has 4 nitrogen and oxygen atoms in total. The molecule has 148 valence electrons. The van der Waals surface area contributed by atoms with E-state index in [9.17, 15) is 5.11 Å². The fourth-order valence-corrected chi connectivity index (χ4v) is 3.41. The van der Waals surface area contributed by atoms with Crippen molar-refractivity contribution in [2.75, 3.05) is 0 Å². The molecule has 3 aromatic rings. The molecule has 0 aliphatic rings. The van der Waals surface area contributed by atoms with Gasteiger partial charge in [-0.15, -0.1) is 0 Å². The van der Waals surface area contributed by atoms with Crippen LogP contribution >= 0.6 is 23.2 Å². The van der Waals surface area contributed by atoms with Crippen molar-refractivity contribution in [3.8, 4) is 28.6 Å². The molecule has 0 saturated heterocycles. The van der Waals surface area contributed by atoms with Crippen LogP contribution in [0.5, 0.6) is 5.75 Å². The zero-order valence-corrected chi connectivity index (χ0v) is 18.4. The monoisotopic (exact) mass is 418 g/mol. The first-order valence-corrected chi connectivity index (χ1v) is 9.81. The minimum Gasteiger partial charge on any atom is -0.507 e. The van der Waals surface area contributed by atoms with Crippen LogP contribution in [-0.4, -0.2) is 15.2 Å². The fraction of sp³-hybridized carbons (Fsp3) is 0.364. The molecule has 2 aromatic carbocycles. The normalized spacial score (nSPS) is 12.4. The zero-order valence-electron chi connectivity index (χ0n) is 16.9. The van der Waals surface area contributed by atoms with Gasteiger partial charge in [-0.05, 0) is 40.7 Å². The summed E-state index contributed by atoms with van der Waals surface area (Å²) in [6, 6.07) is 9.04. The van der Waals surface area contributed by atoms with E-state index in [0.717, 1.165) is 11.1 Å². The Hall–Kier alpha value is -2.04. The van der Waals surface area contributed by atoms with Gasteiger partial charge in [0.2, 0.25) is 5.82 Å². The van der Waals surface area contributed by atoms with Crippen LogP contribution in [0.2, 0.25) is 10.0 Å². The van der Waals surface area contributed by atoms with Crippen molar-refractivity contribution >= 4 is 23.2 Å². The predicted molar refractivity (Wildman–Crippen MR) is 114 cm³/mol. The van der Waals surface area contributed by atoms with Crippen LogP contribution in [-0.2, 0) is 10.8 Å². The third kappa shape index (κ3) is 4.03. The molecule has 1 aromatic heterocycles. The van der Waals surface area contributed by atoms with Crippen LogP contribution in [0.15, 0.2) is 34.9 Å².